The highest BCUT2D eigenvalue weighted by Gasteiger charge is 2.33. The predicted octanol–water partition coefficient (Wildman–Crippen LogP) is 5.63. The maximum Gasteiger partial charge on any atom is 0.416 e. The second-order valence-electron chi connectivity index (χ2n) is 8.40. The van der Waals surface area contributed by atoms with Gasteiger partial charge in [-0.05, 0) is 55.2 Å². The van der Waals surface area contributed by atoms with E-state index in [0.717, 1.165) is 12.5 Å². The predicted molar refractivity (Wildman–Crippen MR) is 122 cm³/mol. The van der Waals surface area contributed by atoms with E-state index in [1.165, 1.54) is 31.2 Å². The highest BCUT2D eigenvalue weighted by atomic mass is 32.2. The first-order chi connectivity index (χ1) is 15.3. The van der Waals surface area contributed by atoms with Crippen LogP contribution >= 0.6 is 0 Å². The molecule has 178 valence electrons. The number of aryl methyl sites for hydroxylation is 1. The van der Waals surface area contributed by atoms with Crippen molar-refractivity contribution in [1.29, 1.82) is 0 Å². The van der Waals surface area contributed by atoms with Crippen LogP contribution in [-0.2, 0) is 16.2 Å². The van der Waals surface area contributed by atoms with Gasteiger partial charge in [-0.1, -0.05) is 26.8 Å². The summed E-state index contributed by atoms with van der Waals surface area (Å²) in [4.78, 5) is 14.4. The number of nitrogens with one attached hydrogen (secondary N) is 1. The minimum absolute atomic E-state index is 0.00463. The maximum absolute atomic E-state index is 13.2. The lowest BCUT2D eigenvalue weighted by atomic mass is 10.0. The average molecular weight is 482 g/mol. The Bertz CT molecular complexity index is 1210. The Morgan fingerprint density at radius 3 is 2.45 bits per heavy atom. The number of rotatable bonds is 6. The van der Waals surface area contributed by atoms with Crippen LogP contribution in [0.25, 0.3) is 0 Å². The van der Waals surface area contributed by atoms with Crippen LogP contribution in [0.2, 0.25) is 0 Å². The fraction of sp³-hybridized carbons (Fsp3) is 0.391. The number of carbonyl (C=O) groups is 1. The Morgan fingerprint density at radius 1 is 1.15 bits per heavy atom. The molecule has 1 amide bonds. The van der Waals surface area contributed by atoms with Crippen LogP contribution < -0.4 is 10.2 Å². The number of nitrogens with zero attached hydrogens (tertiary/aromatic N) is 2. The number of alkyl halides is 3. The molecule has 6 nitrogen and oxygen atoms in total. The van der Waals surface area contributed by atoms with Crippen molar-refractivity contribution < 1.29 is 26.4 Å². The van der Waals surface area contributed by atoms with Gasteiger partial charge in [0.15, 0.2) is 0 Å². The van der Waals surface area contributed by atoms with Gasteiger partial charge in [0.2, 0.25) is 0 Å². The number of halogens is 3. The first-order valence-electron chi connectivity index (χ1n) is 10.6. The van der Waals surface area contributed by atoms with Crippen LogP contribution in [0, 0.1) is 12.8 Å². The van der Waals surface area contributed by atoms with E-state index in [0.29, 0.717) is 24.5 Å². The third-order valence-electron chi connectivity index (χ3n) is 5.17. The SMILES string of the molecule is CCCN1C(CC(C)C)=NS(=O)(=O)c2cc(NC(=O)c3ccc(C)c(C(F)(F)F)c3)ccc21. The number of anilines is 2. The van der Waals surface area contributed by atoms with Gasteiger partial charge in [-0.3, -0.25) is 4.79 Å². The molecule has 1 aliphatic heterocycles. The van der Waals surface area contributed by atoms with E-state index in [1.807, 2.05) is 25.7 Å². The molecule has 0 bridgehead atoms. The number of amidine groups is 1. The Hall–Kier alpha value is -2.88. The van der Waals surface area contributed by atoms with Crippen molar-refractivity contribution >= 4 is 33.1 Å². The molecule has 0 atom stereocenters. The van der Waals surface area contributed by atoms with E-state index >= 15 is 0 Å². The summed E-state index contributed by atoms with van der Waals surface area (Å²) >= 11 is 0. The standard InChI is InChI=1S/C23H26F3N3O3S/c1-5-10-29-19-9-8-17(13-20(19)33(31,32)28-21(29)11-14(2)3)27-22(30)16-7-6-15(4)18(12-16)23(24,25)26/h6-9,12-14H,5,10-11H2,1-4H3,(H,27,30). The highest BCUT2D eigenvalue weighted by molar-refractivity contribution is 7.90. The number of hydrogen-bond acceptors (Lipinski definition) is 4. The lowest BCUT2D eigenvalue weighted by Crippen LogP contribution is -2.37. The lowest BCUT2D eigenvalue weighted by molar-refractivity contribution is -0.138. The molecule has 0 unspecified atom stereocenters. The van der Waals surface area contributed by atoms with E-state index in [1.54, 1.807) is 6.07 Å². The van der Waals surface area contributed by atoms with Crippen molar-refractivity contribution in [2.45, 2.75) is 51.6 Å². The van der Waals surface area contributed by atoms with Crippen LogP contribution in [0.4, 0.5) is 24.5 Å². The van der Waals surface area contributed by atoms with Gasteiger partial charge < -0.3 is 10.2 Å². The quantitative estimate of drug-likeness (QED) is 0.580. The molecule has 1 N–H and O–H groups in total. The normalized spacial score (nSPS) is 15.3. The summed E-state index contributed by atoms with van der Waals surface area (Å²) in [7, 11) is -4.00. The second-order valence-corrected chi connectivity index (χ2v) is 9.97. The molecule has 1 aliphatic rings. The average Bonchev–Trinajstić information content (AvgIpc) is 2.70. The van der Waals surface area contributed by atoms with E-state index in [-0.39, 0.29) is 27.6 Å². The number of fused-ring (bicyclic) bond motifs is 1. The maximum atomic E-state index is 13.2. The summed E-state index contributed by atoms with van der Waals surface area (Å²) in [6.45, 7) is 7.81. The molecule has 10 heteroatoms. The summed E-state index contributed by atoms with van der Waals surface area (Å²) < 4.78 is 69.3. The van der Waals surface area contributed by atoms with Crippen LogP contribution in [0.1, 0.15) is 55.1 Å². The summed E-state index contributed by atoms with van der Waals surface area (Å²) in [6, 6.07) is 7.71. The van der Waals surface area contributed by atoms with Crippen molar-refractivity contribution in [1.82, 2.24) is 0 Å². The molecule has 0 spiro atoms. The van der Waals surface area contributed by atoms with Crippen LogP contribution in [0.5, 0.6) is 0 Å². The van der Waals surface area contributed by atoms with Crippen molar-refractivity contribution in [2.24, 2.45) is 10.3 Å². The van der Waals surface area contributed by atoms with E-state index in [2.05, 4.69) is 9.71 Å². The molecule has 0 aromatic heterocycles. The third-order valence-corrected chi connectivity index (χ3v) is 6.50. The number of hydrogen-bond donors (Lipinski definition) is 1. The van der Waals surface area contributed by atoms with Crippen molar-refractivity contribution in [3.05, 3.63) is 53.1 Å². The zero-order valence-corrected chi connectivity index (χ0v) is 19.6. The molecule has 0 saturated heterocycles. The van der Waals surface area contributed by atoms with Crippen LogP contribution in [-0.4, -0.2) is 26.7 Å². The monoisotopic (exact) mass is 481 g/mol. The molecule has 3 rings (SSSR count). The van der Waals surface area contributed by atoms with Crippen LogP contribution in [0.15, 0.2) is 45.7 Å². The van der Waals surface area contributed by atoms with Gasteiger partial charge in [-0.2, -0.15) is 21.6 Å². The van der Waals surface area contributed by atoms with E-state index < -0.39 is 27.7 Å². The molecule has 0 aliphatic carbocycles. The lowest BCUT2D eigenvalue weighted by Gasteiger charge is -2.31. The minimum Gasteiger partial charge on any atom is -0.328 e. The summed E-state index contributed by atoms with van der Waals surface area (Å²) in [6.07, 6.45) is -3.33. The topological polar surface area (TPSA) is 78.8 Å². The van der Waals surface area contributed by atoms with Gasteiger partial charge in [0.25, 0.3) is 15.9 Å². The molecular formula is C23H26F3N3O3S. The molecule has 2 aromatic rings. The zero-order valence-electron chi connectivity index (χ0n) is 18.8. The molecular weight excluding hydrogens is 455 g/mol. The Morgan fingerprint density at radius 2 is 1.85 bits per heavy atom. The van der Waals surface area contributed by atoms with E-state index in [9.17, 15) is 26.4 Å². The second kappa shape index (κ2) is 9.17. The van der Waals surface area contributed by atoms with Gasteiger partial charge in [-0.25, -0.2) is 0 Å². The van der Waals surface area contributed by atoms with Crippen molar-refractivity contribution in [3.63, 3.8) is 0 Å². The van der Waals surface area contributed by atoms with Gasteiger partial charge in [0, 0.05) is 24.2 Å². The first-order valence-corrected chi connectivity index (χ1v) is 12.0. The minimum atomic E-state index is -4.59. The number of amides is 1. The molecule has 2 aromatic carbocycles. The molecule has 0 radical (unpaired) electrons. The van der Waals surface area contributed by atoms with Gasteiger partial charge in [0.05, 0.1) is 11.3 Å². The fourth-order valence-electron chi connectivity index (χ4n) is 3.66. The Labute approximate surface area is 191 Å². The number of sulfonamides is 1. The summed E-state index contributed by atoms with van der Waals surface area (Å²) in [5.74, 6) is -0.104. The zero-order chi connectivity index (χ0) is 24.6. The summed E-state index contributed by atoms with van der Waals surface area (Å²) in [5, 5.41) is 2.50. The largest absolute Gasteiger partial charge is 0.416 e. The van der Waals surface area contributed by atoms with Gasteiger partial charge in [-0.15, -0.1) is 4.40 Å². The van der Waals surface area contributed by atoms with Gasteiger partial charge >= 0.3 is 6.18 Å². The smallest absolute Gasteiger partial charge is 0.328 e. The number of carbonyl (C=O) groups excluding carboxylic acids is 1. The fourth-order valence-corrected chi connectivity index (χ4v) is 4.92. The van der Waals surface area contributed by atoms with E-state index in [4.69, 9.17) is 0 Å². The molecule has 0 fully saturated rings. The number of benzene rings is 2. The van der Waals surface area contributed by atoms with Crippen molar-refractivity contribution in [3.8, 4) is 0 Å². The van der Waals surface area contributed by atoms with Gasteiger partial charge in [0.1, 0.15) is 10.7 Å². The van der Waals surface area contributed by atoms with Crippen molar-refractivity contribution in [2.75, 3.05) is 16.8 Å². The Balaban J connectivity index is 1.95. The molecule has 0 saturated carbocycles. The molecule has 1 heterocycles. The third kappa shape index (κ3) is 5.38. The van der Waals surface area contributed by atoms with Crippen LogP contribution in [0.3, 0.4) is 0 Å². The Kier molecular flexibility index (Phi) is 6.88. The first kappa shape index (κ1) is 24.8. The highest BCUT2D eigenvalue weighted by Crippen LogP contribution is 2.36. The molecule has 33 heavy (non-hydrogen) atoms. The summed E-state index contributed by atoms with van der Waals surface area (Å²) in [5.41, 5.74) is -0.459.